The Kier molecular flexibility index (Phi) is 6.68. The lowest BCUT2D eigenvalue weighted by molar-refractivity contribution is 0.0946. The van der Waals surface area contributed by atoms with Crippen molar-refractivity contribution in [1.82, 2.24) is 10.3 Å². The van der Waals surface area contributed by atoms with Gasteiger partial charge in [0.05, 0.1) is 10.0 Å². The third kappa shape index (κ3) is 4.30. The van der Waals surface area contributed by atoms with Gasteiger partial charge in [0.15, 0.2) is 11.5 Å². The molecule has 0 atom stereocenters. The Morgan fingerprint density at radius 1 is 1.38 bits per heavy atom. The van der Waals surface area contributed by atoms with Crippen molar-refractivity contribution in [2.75, 3.05) is 19.8 Å². The van der Waals surface area contributed by atoms with Crippen LogP contribution in [0.1, 0.15) is 21.1 Å². The predicted octanol–water partition coefficient (Wildman–Crippen LogP) is 2.42. The lowest BCUT2D eigenvalue weighted by Crippen LogP contribution is -2.23. The third-order valence-corrected chi connectivity index (χ3v) is 4.44. The zero-order valence-electron chi connectivity index (χ0n) is 12.7. The van der Waals surface area contributed by atoms with Crippen molar-refractivity contribution in [3.05, 3.63) is 38.8 Å². The van der Waals surface area contributed by atoms with E-state index < -0.39 is 0 Å². The first-order chi connectivity index (χ1) is 11.2. The van der Waals surface area contributed by atoms with E-state index in [1.54, 1.807) is 11.4 Å². The minimum atomic E-state index is -0.226. The fourth-order valence-electron chi connectivity index (χ4n) is 2.19. The molecule has 2 aromatic rings. The smallest absolute Gasteiger partial charge is 0.271 e. The Balaban J connectivity index is 0.00000208. The van der Waals surface area contributed by atoms with Gasteiger partial charge in [0.2, 0.25) is 0 Å². The number of carbonyl (C=O) groups excluding carboxylic acids is 1. The third-order valence-electron chi connectivity index (χ3n) is 3.25. The van der Waals surface area contributed by atoms with E-state index in [-0.39, 0.29) is 18.3 Å². The van der Waals surface area contributed by atoms with Crippen LogP contribution in [0.25, 0.3) is 0 Å². The number of aromatic nitrogens is 1. The Hall–Kier alpha value is -1.54. The average molecular weight is 390 g/mol. The van der Waals surface area contributed by atoms with Crippen LogP contribution < -0.4 is 20.5 Å². The normalized spacial score (nSPS) is 12.4. The van der Waals surface area contributed by atoms with Crippen LogP contribution in [0.5, 0.6) is 11.5 Å². The molecule has 0 spiro atoms. The van der Waals surface area contributed by atoms with Crippen LogP contribution in [-0.4, -0.2) is 30.6 Å². The highest BCUT2D eigenvalue weighted by Gasteiger charge is 2.17. The van der Waals surface area contributed by atoms with Crippen molar-refractivity contribution < 1.29 is 14.3 Å². The second-order valence-electron chi connectivity index (χ2n) is 4.95. The standard InChI is InChI=1S/C15H16ClN3O3S.ClH/c16-10-5-9(6-12-14(10)22-4-3-21-12)7-18-15(20)11-8-23-13(19-11)1-2-17;/h5-6,8H,1-4,7,17H2,(H,18,20);1H. The molecule has 1 aliphatic heterocycles. The number of thiazole rings is 1. The van der Waals surface area contributed by atoms with Crippen LogP contribution in [0.2, 0.25) is 5.02 Å². The summed E-state index contributed by atoms with van der Waals surface area (Å²) in [4.78, 5) is 16.4. The number of ether oxygens (including phenoxy) is 2. The molecule has 3 N–H and O–H groups in total. The molecule has 0 unspecified atom stereocenters. The number of fused-ring (bicyclic) bond motifs is 1. The van der Waals surface area contributed by atoms with Crippen molar-refractivity contribution in [3.63, 3.8) is 0 Å². The molecule has 2 heterocycles. The predicted molar refractivity (Wildman–Crippen MR) is 95.7 cm³/mol. The Labute approximate surface area is 154 Å². The second kappa shape index (κ2) is 8.53. The molecule has 0 radical (unpaired) electrons. The molecule has 0 fully saturated rings. The number of hydrogen-bond acceptors (Lipinski definition) is 6. The fourth-order valence-corrected chi connectivity index (χ4v) is 3.27. The molecular formula is C15H17Cl2N3O3S. The van der Waals surface area contributed by atoms with E-state index in [0.29, 0.717) is 54.9 Å². The first kappa shape index (κ1) is 18.8. The maximum absolute atomic E-state index is 12.1. The van der Waals surface area contributed by atoms with Crippen molar-refractivity contribution in [2.45, 2.75) is 13.0 Å². The van der Waals surface area contributed by atoms with Gasteiger partial charge >= 0.3 is 0 Å². The zero-order chi connectivity index (χ0) is 16.2. The van der Waals surface area contributed by atoms with E-state index in [0.717, 1.165) is 10.6 Å². The molecule has 130 valence electrons. The first-order valence-electron chi connectivity index (χ1n) is 7.18. The number of hydrogen-bond donors (Lipinski definition) is 2. The van der Waals surface area contributed by atoms with Crippen LogP contribution in [0.4, 0.5) is 0 Å². The summed E-state index contributed by atoms with van der Waals surface area (Å²) in [6, 6.07) is 3.58. The monoisotopic (exact) mass is 389 g/mol. The zero-order valence-corrected chi connectivity index (χ0v) is 15.1. The van der Waals surface area contributed by atoms with Crippen molar-refractivity contribution in [2.24, 2.45) is 5.73 Å². The summed E-state index contributed by atoms with van der Waals surface area (Å²) in [6.45, 7) is 1.82. The Bertz CT molecular complexity index is 724. The summed E-state index contributed by atoms with van der Waals surface area (Å²) in [7, 11) is 0. The molecule has 9 heteroatoms. The maximum Gasteiger partial charge on any atom is 0.271 e. The van der Waals surface area contributed by atoms with Crippen molar-refractivity contribution in [1.29, 1.82) is 0 Å². The van der Waals surface area contributed by atoms with Gasteiger partial charge in [-0.05, 0) is 24.2 Å². The summed E-state index contributed by atoms with van der Waals surface area (Å²) in [6.07, 6.45) is 0.676. The molecule has 1 aromatic heterocycles. The summed E-state index contributed by atoms with van der Waals surface area (Å²) >= 11 is 7.61. The van der Waals surface area contributed by atoms with E-state index in [4.69, 9.17) is 26.8 Å². The van der Waals surface area contributed by atoms with E-state index >= 15 is 0 Å². The molecule has 0 aliphatic carbocycles. The minimum Gasteiger partial charge on any atom is -0.486 e. The molecule has 3 rings (SSSR count). The number of benzene rings is 1. The van der Waals surface area contributed by atoms with Gasteiger partial charge in [-0.15, -0.1) is 23.7 Å². The molecule has 0 bridgehead atoms. The molecular weight excluding hydrogens is 373 g/mol. The summed E-state index contributed by atoms with van der Waals surface area (Å²) in [5.74, 6) is 0.932. The number of rotatable bonds is 5. The molecule has 6 nitrogen and oxygen atoms in total. The van der Waals surface area contributed by atoms with E-state index in [9.17, 15) is 4.79 Å². The Morgan fingerprint density at radius 2 is 2.17 bits per heavy atom. The van der Waals surface area contributed by atoms with Crippen LogP contribution in [0.15, 0.2) is 17.5 Å². The van der Waals surface area contributed by atoms with Gasteiger partial charge in [0.25, 0.3) is 5.91 Å². The van der Waals surface area contributed by atoms with Crippen LogP contribution in [-0.2, 0) is 13.0 Å². The van der Waals surface area contributed by atoms with Crippen LogP contribution >= 0.6 is 35.3 Å². The van der Waals surface area contributed by atoms with Crippen molar-refractivity contribution >= 4 is 41.3 Å². The molecule has 1 amide bonds. The summed E-state index contributed by atoms with van der Waals surface area (Å²) < 4.78 is 11.0. The van der Waals surface area contributed by atoms with Gasteiger partial charge in [-0.3, -0.25) is 4.79 Å². The Morgan fingerprint density at radius 3 is 2.96 bits per heavy atom. The topological polar surface area (TPSA) is 86.5 Å². The fraction of sp³-hybridized carbons (Fsp3) is 0.333. The maximum atomic E-state index is 12.1. The van der Waals surface area contributed by atoms with Gasteiger partial charge in [-0.1, -0.05) is 11.6 Å². The molecule has 24 heavy (non-hydrogen) atoms. The SMILES string of the molecule is Cl.NCCc1nc(C(=O)NCc2cc(Cl)c3c(c2)OCCO3)cs1. The highest BCUT2D eigenvalue weighted by Crippen LogP contribution is 2.38. The highest BCUT2D eigenvalue weighted by atomic mass is 35.5. The van der Waals surface area contributed by atoms with Crippen LogP contribution in [0, 0.1) is 0 Å². The summed E-state index contributed by atoms with van der Waals surface area (Å²) in [5, 5.41) is 5.90. The molecule has 0 saturated carbocycles. The van der Waals surface area contributed by atoms with E-state index in [2.05, 4.69) is 10.3 Å². The molecule has 0 saturated heterocycles. The van der Waals surface area contributed by atoms with Crippen molar-refractivity contribution in [3.8, 4) is 11.5 Å². The van der Waals surface area contributed by atoms with Gasteiger partial charge in [-0.2, -0.15) is 0 Å². The minimum absolute atomic E-state index is 0. The van der Waals surface area contributed by atoms with Gasteiger partial charge in [-0.25, -0.2) is 4.98 Å². The van der Waals surface area contributed by atoms with Gasteiger partial charge in [0.1, 0.15) is 18.9 Å². The average Bonchev–Trinajstić information content (AvgIpc) is 3.02. The number of carbonyl (C=O) groups is 1. The van der Waals surface area contributed by atoms with E-state index in [1.165, 1.54) is 11.3 Å². The lowest BCUT2D eigenvalue weighted by atomic mass is 10.2. The van der Waals surface area contributed by atoms with Crippen LogP contribution in [0.3, 0.4) is 0 Å². The van der Waals surface area contributed by atoms with Gasteiger partial charge in [0, 0.05) is 18.3 Å². The largest absolute Gasteiger partial charge is 0.486 e. The number of nitrogens with one attached hydrogen (secondary N) is 1. The number of nitrogens with two attached hydrogens (primary N) is 1. The quantitative estimate of drug-likeness (QED) is 0.819. The number of halogens is 2. The summed E-state index contributed by atoms with van der Waals surface area (Å²) in [5.41, 5.74) is 6.72. The second-order valence-corrected chi connectivity index (χ2v) is 6.30. The molecule has 1 aromatic carbocycles. The number of amides is 1. The lowest BCUT2D eigenvalue weighted by Gasteiger charge is -2.20. The number of nitrogens with zero attached hydrogens (tertiary/aromatic N) is 1. The van der Waals surface area contributed by atoms with E-state index in [1.807, 2.05) is 6.07 Å². The molecule has 1 aliphatic rings. The highest BCUT2D eigenvalue weighted by molar-refractivity contribution is 7.09. The van der Waals surface area contributed by atoms with Gasteiger partial charge < -0.3 is 20.5 Å². The first-order valence-corrected chi connectivity index (χ1v) is 8.44.